The average Bonchev–Trinajstić information content (AvgIpc) is 3.93. The number of likely N-dealkylation sites (tertiary alicyclic amines) is 1. The van der Waals surface area contributed by atoms with Crippen LogP contribution in [-0.2, 0) is 56.0 Å². The third-order valence-corrected chi connectivity index (χ3v) is 17.0. The number of carbonyl (C=O) groups is 9. The molecular formula is C53H79N13O10S2. The largest absolute Gasteiger partial charge is 0.494 e. The predicted molar refractivity (Wildman–Crippen MR) is 299 cm³/mol. The first-order chi connectivity index (χ1) is 37.3. The zero-order valence-corrected chi connectivity index (χ0v) is 46.5. The van der Waals surface area contributed by atoms with Gasteiger partial charge in [0.2, 0.25) is 53.2 Å². The van der Waals surface area contributed by atoms with Crippen molar-refractivity contribution in [2.24, 2.45) is 33.8 Å². The van der Waals surface area contributed by atoms with Crippen molar-refractivity contribution in [3.05, 3.63) is 65.7 Å². The molecule has 2 saturated heterocycles. The second-order valence-corrected chi connectivity index (χ2v) is 23.1. The number of aliphatic imine (C=N–C) groups is 1. The van der Waals surface area contributed by atoms with Gasteiger partial charge in [0.15, 0.2) is 5.96 Å². The van der Waals surface area contributed by atoms with Crippen molar-refractivity contribution in [2.45, 2.75) is 151 Å². The zero-order valence-electron chi connectivity index (χ0n) is 44.9. The molecule has 3 aliphatic rings. The van der Waals surface area contributed by atoms with Crippen molar-refractivity contribution in [3.63, 3.8) is 0 Å². The summed E-state index contributed by atoms with van der Waals surface area (Å²) in [5, 5.41) is 19.5. The summed E-state index contributed by atoms with van der Waals surface area (Å²) in [6.07, 6.45) is 4.22. The van der Waals surface area contributed by atoms with E-state index in [2.05, 4.69) is 42.2 Å². The van der Waals surface area contributed by atoms with Crippen LogP contribution in [0.3, 0.4) is 0 Å². The van der Waals surface area contributed by atoms with Gasteiger partial charge >= 0.3 is 0 Å². The fourth-order valence-corrected chi connectivity index (χ4v) is 13.0. The topological polar surface area (TPSA) is 367 Å². The van der Waals surface area contributed by atoms with E-state index in [1.807, 2.05) is 6.92 Å². The number of hydrogen-bond acceptors (Lipinski definition) is 14. The van der Waals surface area contributed by atoms with E-state index in [0.29, 0.717) is 49.2 Å². The van der Waals surface area contributed by atoms with Crippen LogP contribution in [-0.4, -0.2) is 150 Å². The summed E-state index contributed by atoms with van der Waals surface area (Å²) in [5.74, 6) is -6.50. The Bertz CT molecular complexity index is 2410. The molecule has 15 N–H and O–H groups in total. The maximum Gasteiger partial charge on any atom is 0.246 e. The van der Waals surface area contributed by atoms with E-state index in [1.54, 1.807) is 68.4 Å². The van der Waals surface area contributed by atoms with Crippen LogP contribution >= 0.6 is 21.6 Å². The van der Waals surface area contributed by atoms with E-state index >= 15 is 0 Å². The molecule has 1 aliphatic carbocycles. The monoisotopic (exact) mass is 1120 g/mol. The van der Waals surface area contributed by atoms with Crippen LogP contribution in [0.2, 0.25) is 0 Å². The minimum atomic E-state index is -1.63. The van der Waals surface area contributed by atoms with Gasteiger partial charge in [-0.25, -0.2) is 0 Å². The van der Waals surface area contributed by atoms with Gasteiger partial charge in [0.05, 0.1) is 13.0 Å². The molecule has 9 amide bonds. The summed E-state index contributed by atoms with van der Waals surface area (Å²) in [4.78, 5) is 133. The van der Waals surface area contributed by atoms with Crippen LogP contribution in [0.5, 0.6) is 5.75 Å². The maximum atomic E-state index is 15.0. The summed E-state index contributed by atoms with van der Waals surface area (Å²) in [5.41, 5.74) is 23.7. The molecule has 2 heterocycles. The lowest BCUT2D eigenvalue weighted by atomic mass is 9.85. The fraction of sp³-hybridized carbons (Fsp3) is 0.585. The Hall–Kier alpha value is -6.60. The Balaban J connectivity index is 1.52. The number of hydrogen-bond donors (Lipinski definition) is 11. The van der Waals surface area contributed by atoms with Crippen molar-refractivity contribution < 1.29 is 47.9 Å². The van der Waals surface area contributed by atoms with Gasteiger partial charge < -0.3 is 69.8 Å². The number of guanidine groups is 1. The molecule has 3 fully saturated rings. The van der Waals surface area contributed by atoms with Crippen molar-refractivity contribution in [2.75, 3.05) is 38.5 Å². The molecule has 23 nitrogen and oxygen atoms in total. The van der Waals surface area contributed by atoms with E-state index in [4.69, 9.17) is 27.7 Å². The Morgan fingerprint density at radius 1 is 0.808 bits per heavy atom. The number of ether oxygens (including phenoxy) is 1. The number of rotatable bonds is 19. The Labute approximate surface area is 464 Å². The maximum absolute atomic E-state index is 15.0. The third-order valence-electron chi connectivity index (χ3n) is 13.7. The molecule has 0 bridgehead atoms. The molecule has 25 heteroatoms. The van der Waals surface area contributed by atoms with Gasteiger partial charge in [-0.3, -0.25) is 48.1 Å². The van der Waals surface area contributed by atoms with Gasteiger partial charge in [-0.05, 0) is 74.6 Å². The van der Waals surface area contributed by atoms with Gasteiger partial charge in [-0.15, -0.1) is 0 Å². The molecule has 7 atom stereocenters. The second kappa shape index (κ2) is 31.1. The highest BCUT2D eigenvalue weighted by molar-refractivity contribution is 8.77. The van der Waals surface area contributed by atoms with Crippen LogP contribution in [0.1, 0.15) is 103 Å². The molecule has 3 unspecified atom stereocenters. The SMILES string of the molecule is CCOc1ccc(CC2NC(=O)CC3(CCCCC3)SSCC(C(=O)N3CCC[C@H]3C(=O)N[C@H](CCCN=C(N)N)C(=O)NCCN)NC(=O)[C@H](CC(N)=O)NC(=O)[C@H](C(C)C)NC(=O)C(Cc3ccccc3)NC2=O)cc1. The molecule has 0 aromatic heterocycles. The standard InChI is InChI=1S/C53H79N13O10S2/c1-4-76-35-19-17-34(18-20-35)28-37-46(70)62-38(27-33-13-7-5-8-14-33)48(72)65-44(32(2)3)50(74)63-39(29-42(55)67)47(71)64-40(31-77-78-53(30-43(68)60-37)21-9-6-10-22-53)51(75)66-26-12-16-41(66)49(73)61-36(45(69)58-25-23-54)15-11-24-59-52(56)57/h5,7-8,13-14,17-20,32,36-41,44H,4,6,9-12,15-16,21-31,54H2,1-3H3,(H2,55,67)(H,58,69)(H,60,68)(H,61,73)(H,62,70)(H,63,74)(H,64,71)(H,65,72)(H4,56,57,59)/t36-,37?,38?,39+,40?,41+,44+/m1/s1. The van der Waals surface area contributed by atoms with Gasteiger partial charge in [-0.2, -0.15) is 0 Å². The van der Waals surface area contributed by atoms with Crippen molar-refractivity contribution in [1.29, 1.82) is 0 Å². The summed E-state index contributed by atoms with van der Waals surface area (Å²) < 4.78 is 4.95. The molecule has 1 saturated carbocycles. The highest BCUT2D eigenvalue weighted by atomic mass is 33.1. The first-order valence-corrected chi connectivity index (χ1v) is 29.1. The number of primary amides is 1. The zero-order chi connectivity index (χ0) is 56.8. The summed E-state index contributed by atoms with van der Waals surface area (Å²) >= 11 is 0. The molecule has 78 heavy (non-hydrogen) atoms. The summed E-state index contributed by atoms with van der Waals surface area (Å²) in [7, 11) is 2.64. The van der Waals surface area contributed by atoms with E-state index < -0.39 is 113 Å². The summed E-state index contributed by atoms with van der Waals surface area (Å²) in [6.45, 7) is 6.25. The molecule has 2 aromatic carbocycles. The predicted octanol–water partition coefficient (Wildman–Crippen LogP) is -0.0818. The quantitative estimate of drug-likeness (QED) is 0.0379. The molecule has 1 spiro atoms. The average molecular weight is 1120 g/mol. The highest BCUT2D eigenvalue weighted by Crippen LogP contribution is 2.48. The molecule has 2 aliphatic heterocycles. The van der Waals surface area contributed by atoms with Gasteiger partial charge in [0.25, 0.3) is 0 Å². The number of benzene rings is 2. The van der Waals surface area contributed by atoms with Crippen LogP contribution in [0, 0.1) is 5.92 Å². The van der Waals surface area contributed by atoms with Crippen LogP contribution in [0.15, 0.2) is 59.6 Å². The molecule has 0 radical (unpaired) electrons. The number of nitrogens with two attached hydrogens (primary N) is 4. The van der Waals surface area contributed by atoms with Crippen molar-refractivity contribution in [1.82, 2.24) is 42.1 Å². The third kappa shape index (κ3) is 19.4. The van der Waals surface area contributed by atoms with Crippen LogP contribution in [0.25, 0.3) is 0 Å². The second-order valence-electron chi connectivity index (χ2n) is 20.2. The van der Waals surface area contributed by atoms with Crippen molar-refractivity contribution in [3.8, 4) is 5.75 Å². The minimum absolute atomic E-state index is 0.00139. The Morgan fingerprint density at radius 3 is 2.09 bits per heavy atom. The van der Waals surface area contributed by atoms with Crippen LogP contribution < -0.4 is 64.9 Å². The molecular weight excluding hydrogens is 1040 g/mol. The number of nitrogens with zero attached hydrogens (tertiary/aromatic N) is 2. The fourth-order valence-electron chi connectivity index (χ4n) is 9.69. The van der Waals surface area contributed by atoms with Gasteiger partial charge in [-0.1, -0.05) is 97.2 Å². The van der Waals surface area contributed by atoms with Crippen LogP contribution in [0.4, 0.5) is 0 Å². The lowest BCUT2D eigenvalue weighted by molar-refractivity contribution is -0.142. The van der Waals surface area contributed by atoms with E-state index in [1.165, 1.54) is 26.5 Å². The number of nitrogens with one attached hydrogen (secondary N) is 7. The minimum Gasteiger partial charge on any atom is -0.494 e. The smallest absolute Gasteiger partial charge is 0.246 e. The number of carbonyl (C=O) groups excluding carboxylic acids is 9. The van der Waals surface area contributed by atoms with Gasteiger partial charge in [0.1, 0.15) is 48.0 Å². The van der Waals surface area contributed by atoms with E-state index in [9.17, 15) is 43.2 Å². The Kier molecular flexibility index (Phi) is 24.8. The van der Waals surface area contributed by atoms with E-state index in [0.717, 1.165) is 19.3 Å². The lowest BCUT2D eigenvalue weighted by Crippen LogP contribution is -2.61. The highest BCUT2D eigenvalue weighted by Gasteiger charge is 2.42. The first kappa shape index (κ1) is 62.2. The first-order valence-electron chi connectivity index (χ1n) is 26.8. The molecule has 5 rings (SSSR count). The van der Waals surface area contributed by atoms with Gasteiger partial charge in [0, 0.05) is 55.9 Å². The lowest BCUT2D eigenvalue weighted by Gasteiger charge is -2.37. The number of amides is 9. The normalized spacial score (nSPS) is 23.1. The summed E-state index contributed by atoms with van der Waals surface area (Å²) in [6, 6.07) is 7.26. The Morgan fingerprint density at radius 2 is 1.45 bits per heavy atom. The molecule has 428 valence electrons. The molecule has 2 aromatic rings. The van der Waals surface area contributed by atoms with Crippen molar-refractivity contribution >= 4 is 80.7 Å². The van der Waals surface area contributed by atoms with E-state index in [-0.39, 0.29) is 70.0 Å².